The number of sulfonamides is 1. The smallest absolute Gasteiger partial charge is 0.260 e. The summed E-state index contributed by atoms with van der Waals surface area (Å²) in [5, 5.41) is 0.435. The predicted molar refractivity (Wildman–Crippen MR) is 114 cm³/mol. The van der Waals surface area contributed by atoms with Gasteiger partial charge in [0.15, 0.2) is 0 Å². The number of benzene rings is 2. The van der Waals surface area contributed by atoms with Gasteiger partial charge in [-0.15, -0.1) is 6.42 Å². The fourth-order valence-electron chi connectivity index (χ4n) is 2.91. The van der Waals surface area contributed by atoms with Crippen LogP contribution in [0.4, 0.5) is 11.6 Å². The summed E-state index contributed by atoms with van der Waals surface area (Å²) < 4.78 is 25.6. The van der Waals surface area contributed by atoms with E-state index in [4.69, 9.17) is 12.2 Å². The van der Waals surface area contributed by atoms with Crippen LogP contribution < -0.4 is 16.2 Å². The average Bonchev–Trinajstić information content (AvgIpc) is 2.68. The number of nitrogens with zero attached hydrogens (tertiary/aromatic N) is 3. The van der Waals surface area contributed by atoms with Crippen molar-refractivity contribution in [3.63, 3.8) is 0 Å². The summed E-state index contributed by atoms with van der Waals surface area (Å²) in [7, 11) is -0.536. The molecule has 9 heteroatoms. The van der Waals surface area contributed by atoms with Crippen molar-refractivity contribution in [2.24, 2.45) is 0 Å². The normalized spacial score (nSPS) is 11.5. The van der Waals surface area contributed by atoms with Gasteiger partial charge in [0.2, 0.25) is 16.0 Å². The Hall–Kier alpha value is -3.35. The summed E-state index contributed by atoms with van der Waals surface area (Å²) in [4.78, 5) is 20.8. The van der Waals surface area contributed by atoms with Crippen LogP contribution in [0.25, 0.3) is 10.9 Å². The molecular formula is C20H21N5O3S. The summed E-state index contributed by atoms with van der Waals surface area (Å²) in [6.45, 7) is 0.748. The number of anilines is 2. The summed E-state index contributed by atoms with van der Waals surface area (Å²) in [6, 6.07) is 11.8. The first-order chi connectivity index (χ1) is 13.7. The van der Waals surface area contributed by atoms with Crippen molar-refractivity contribution >= 4 is 32.6 Å². The molecule has 3 rings (SSSR count). The van der Waals surface area contributed by atoms with Crippen molar-refractivity contribution in [2.45, 2.75) is 11.4 Å². The molecule has 0 amide bonds. The van der Waals surface area contributed by atoms with Crippen LogP contribution in [0, 0.1) is 12.3 Å². The van der Waals surface area contributed by atoms with E-state index in [-0.39, 0.29) is 16.4 Å². The number of nitrogens with two attached hydrogens (primary N) is 1. The molecule has 0 fully saturated rings. The number of nitrogen functional groups attached to an aromatic ring is 1. The number of terminal acetylenes is 1. The zero-order valence-corrected chi connectivity index (χ0v) is 16.9. The minimum absolute atomic E-state index is 0.0666. The number of hydrogen-bond donors (Lipinski definition) is 2. The summed E-state index contributed by atoms with van der Waals surface area (Å²) in [5.41, 5.74) is 7.40. The molecule has 0 aliphatic rings. The molecule has 0 unspecified atom stereocenters. The zero-order valence-electron chi connectivity index (χ0n) is 16.1. The van der Waals surface area contributed by atoms with Crippen molar-refractivity contribution in [3.05, 3.63) is 58.4 Å². The third-order valence-corrected chi connectivity index (χ3v) is 6.25. The highest BCUT2D eigenvalue weighted by Gasteiger charge is 2.17. The Labute approximate surface area is 169 Å². The van der Waals surface area contributed by atoms with Crippen LogP contribution in [0.15, 0.2) is 52.2 Å². The van der Waals surface area contributed by atoms with Gasteiger partial charge in [0.25, 0.3) is 5.56 Å². The van der Waals surface area contributed by atoms with Gasteiger partial charge in [-0.1, -0.05) is 12.0 Å². The molecule has 0 saturated carbocycles. The van der Waals surface area contributed by atoms with Crippen molar-refractivity contribution in [1.29, 1.82) is 0 Å². The Morgan fingerprint density at radius 1 is 1.17 bits per heavy atom. The van der Waals surface area contributed by atoms with Crippen molar-refractivity contribution < 1.29 is 8.42 Å². The Kier molecular flexibility index (Phi) is 5.59. The maximum atomic E-state index is 12.2. The van der Waals surface area contributed by atoms with Gasteiger partial charge in [-0.05, 0) is 42.0 Å². The molecule has 8 nitrogen and oxygen atoms in total. The van der Waals surface area contributed by atoms with Crippen LogP contribution in [-0.2, 0) is 16.6 Å². The van der Waals surface area contributed by atoms with E-state index < -0.39 is 10.0 Å². The summed E-state index contributed by atoms with van der Waals surface area (Å²) in [6.07, 6.45) is 5.52. The van der Waals surface area contributed by atoms with E-state index in [1.807, 2.05) is 11.0 Å². The van der Waals surface area contributed by atoms with Gasteiger partial charge >= 0.3 is 0 Å². The van der Waals surface area contributed by atoms with Crippen LogP contribution in [0.5, 0.6) is 0 Å². The standard InChI is InChI=1S/C20H21N5O3S/c1-4-11-25(15-6-8-16(9-7-15)29(27,28)24(2)3)13-14-5-10-18-17(12-14)19(26)23-20(21)22-18/h1,5-10,12H,11,13H2,2-3H3,(H3,21,22,23,26). The third kappa shape index (κ3) is 4.23. The predicted octanol–water partition coefficient (Wildman–Crippen LogP) is 1.40. The van der Waals surface area contributed by atoms with Crippen molar-refractivity contribution in [3.8, 4) is 12.3 Å². The second-order valence-electron chi connectivity index (χ2n) is 6.64. The molecule has 0 bridgehead atoms. The molecule has 2 aromatic carbocycles. The highest BCUT2D eigenvalue weighted by atomic mass is 32.2. The van der Waals surface area contributed by atoms with Gasteiger partial charge in [-0.3, -0.25) is 9.78 Å². The second kappa shape index (κ2) is 7.95. The summed E-state index contributed by atoms with van der Waals surface area (Å²) >= 11 is 0. The lowest BCUT2D eigenvalue weighted by molar-refractivity contribution is 0.521. The number of fused-ring (bicyclic) bond motifs is 1. The van der Waals surface area contributed by atoms with E-state index in [9.17, 15) is 13.2 Å². The lowest BCUT2D eigenvalue weighted by Crippen LogP contribution is -2.24. The van der Waals surface area contributed by atoms with Crippen molar-refractivity contribution in [1.82, 2.24) is 14.3 Å². The Bertz CT molecular complexity index is 1240. The number of nitrogens with one attached hydrogen (secondary N) is 1. The Morgan fingerprint density at radius 3 is 2.48 bits per heavy atom. The van der Waals surface area contributed by atoms with E-state index in [0.717, 1.165) is 15.6 Å². The molecule has 0 radical (unpaired) electrons. The molecule has 0 aliphatic heterocycles. The van der Waals surface area contributed by atoms with E-state index in [2.05, 4.69) is 15.9 Å². The molecule has 29 heavy (non-hydrogen) atoms. The minimum Gasteiger partial charge on any atom is -0.369 e. The average molecular weight is 411 g/mol. The lowest BCUT2D eigenvalue weighted by atomic mass is 10.1. The highest BCUT2D eigenvalue weighted by molar-refractivity contribution is 7.89. The van der Waals surface area contributed by atoms with Gasteiger partial charge in [-0.25, -0.2) is 17.7 Å². The van der Waals surface area contributed by atoms with Crippen LogP contribution in [-0.4, -0.2) is 43.3 Å². The van der Waals surface area contributed by atoms with Gasteiger partial charge in [0.1, 0.15) is 0 Å². The van der Waals surface area contributed by atoms with Crippen LogP contribution in [0.2, 0.25) is 0 Å². The second-order valence-corrected chi connectivity index (χ2v) is 8.80. The monoisotopic (exact) mass is 411 g/mol. The SMILES string of the molecule is C#CCN(Cc1ccc2nc(N)[nH]c(=O)c2c1)c1ccc(S(=O)(=O)N(C)C)cc1. The number of H-pyrrole nitrogens is 1. The number of hydrogen-bond acceptors (Lipinski definition) is 6. The Balaban J connectivity index is 1.92. The van der Waals surface area contributed by atoms with E-state index >= 15 is 0 Å². The first-order valence-electron chi connectivity index (χ1n) is 8.72. The number of aromatic nitrogens is 2. The van der Waals surface area contributed by atoms with E-state index in [0.29, 0.717) is 24.0 Å². The number of aromatic amines is 1. The molecule has 0 atom stereocenters. The maximum absolute atomic E-state index is 12.2. The molecule has 3 N–H and O–H groups in total. The molecule has 3 aromatic rings. The van der Waals surface area contributed by atoms with Crippen LogP contribution >= 0.6 is 0 Å². The number of rotatable bonds is 6. The van der Waals surface area contributed by atoms with Crippen LogP contribution in [0.1, 0.15) is 5.56 Å². The minimum atomic E-state index is -3.50. The fraction of sp³-hybridized carbons (Fsp3) is 0.200. The first-order valence-corrected chi connectivity index (χ1v) is 10.2. The summed E-state index contributed by atoms with van der Waals surface area (Å²) in [5.74, 6) is 2.67. The maximum Gasteiger partial charge on any atom is 0.260 e. The largest absolute Gasteiger partial charge is 0.369 e. The van der Waals surface area contributed by atoms with Crippen LogP contribution in [0.3, 0.4) is 0 Å². The zero-order chi connectivity index (χ0) is 21.2. The van der Waals surface area contributed by atoms with E-state index in [1.165, 1.54) is 14.1 Å². The van der Waals surface area contributed by atoms with Gasteiger partial charge < -0.3 is 10.6 Å². The molecule has 150 valence electrons. The van der Waals surface area contributed by atoms with Gasteiger partial charge in [-0.2, -0.15) is 0 Å². The molecule has 1 aromatic heterocycles. The quantitative estimate of drug-likeness (QED) is 0.593. The van der Waals surface area contributed by atoms with Gasteiger partial charge in [0.05, 0.1) is 22.3 Å². The lowest BCUT2D eigenvalue weighted by Gasteiger charge is -2.23. The first kappa shape index (κ1) is 20.4. The molecule has 0 aliphatic carbocycles. The van der Waals surface area contributed by atoms with Gasteiger partial charge in [0, 0.05) is 26.3 Å². The van der Waals surface area contributed by atoms with E-state index in [1.54, 1.807) is 36.4 Å². The third-order valence-electron chi connectivity index (χ3n) is 4.42. The highest BCUT2D eigenvalue weighted by Crippen LogP contribution is 2.22. The topological polar surface area (TPSA) is 112 Å². The van der Waals surface area contributed by atoms with Crippen molar-refractivity contribution in [2.75, 3.05) is 31.3 Å². The molecular weight excluding hydrogens is 390 g/mol. The molecule has 0 spiro atoms. The Morgan fingerprint density at radius 2 is 1.86 bits per heavy atom. The fourth-order valence-corrected chi connectivity index (χ4v) is 3.81. The molecule has 0 saturated heterocycles. The molecule has 1 heterocycles.